The lowest BCUT2D eigenvalue weighted by Gasteiger charge is -2.09. The molecule has 30 heavy (non-hydrogen) atoms. The van der Waals surface area contributed by atoms with Crippen molar-refractivity contribution in [3.8, 4) is 11.5 Å². The molecule has 0 spiro atoms. The van der Waals surface area contributed by atoms with Gasteiger partial charge in [-0.3, -0.25) is 9.20 Å². The monoisotopic (exact) mass is 402 g/mol. The summed E-state index contributed by atoms with van der Waals surface area (Å²) in [5.74, 6) is 0.503. The van der Waals surface area contributed by atoms with Crippen molar-refractivity contribution in [3.05, 3.63) is 78.5 Å². The van der Waals surface area contributed by atoms with Gasteiger partial charge in [-0.25, -0.2) is 9.97 Å². The summed E-state index contributed by atoms with van der Waals surface area (Å²) < 4.78 is 3.94. The van der Waals surface area contributed by atoms with Crippen LogP contribution >= 0.6 is 0 Å². The number of imidazole rings is 2. The number of carbonyl (C=O) groups excluding carboxylic acids is 1. The highest BCUT2D eigenvalue weighted by Gasteiger charge is 2.19. The number of pyridine rings is 1. The summed E-state index contributed by atoms with van der Waals surface area (Å²) in [6, 6.07) is 16.0. The predicted octanol–water partition coefficient (Wildman–Crippen LogP) is 2.93. The third-order valence-electron chi connectivity index (χ3n) is 4.90. The maximum absolute atomic E-state index is 12.8. The van der Waals surface area contributed by atoms with E-state index in [-0.39, 0.29) is 5.91 Å². The number of nitrogens with one attached hydrogen (secondary N) is 1. The Morgan fingerprint density at radius 3 is 2.70 bits per heavy atom. The molecule has 0 unspecified atom stereocenters. The highest BCUT2D eigenvalue weighted by Crippen LogP contribution is 2.22. The zero-order valence-corrected chi connectivity index (χ0v) is 17.3. The summed E-state index contributed by atoms with van der Waals surface area (Å²) in [6.45, 7) is 2.27. The molecule has 4 rings (SSSR count). The first-order valence-corrected chi connectivity index (χ1v) is 10.1. The summed E-state index contributed by atoms with van der Waals surface area (Å²) >= 11 is 0. The molecule has 0 aliphatic carbocycles. The average Bonchev–Trinajstić information content (AvgIpc) is 3.36. The summed E-state index contributed by atoms with van der Waals surface area (Å²) in [5.41, 5.74) is 3.13. The quantitative estimate of drug-likeness (QED) is 0.460. The van der Waals surface area contributed by atoms with Gasteiger partial charge in [-0.15, -0.1) is 0 Å². The average molecular weight is 403 g/mol. The van der Waals surface area contributed by atoms with Crippen molar-refractivity contribution in [1.82, 2.24) is 29.2 Å². The number of hydrogen-bond acceptors (Lipinski definition) is 4. The number of amides is 1. The van der Waals surface area contributed by atoms with Gasteiger partial charge in [-0.05, 0) is 44.8 Å². The maximum atomic E-state index is 12.8. The predicted molar refractivity (Wildman–Crippen MR) is 117 cm³/mol. The van der Waals surface area contributed by atoms with E-state index in [4.69, 9.17) is 0 Å². The van der Waals surface area contributed by atoms with Gasteiger partial charge in [0.1, 0.15) is 5.69 Å². The fourth-order valence-corrected chi connectivity index (χ4v) is 3.42. The maximum Gasteiger partial charge on any atom is 0.272 e. The molecule has 4 aromatic rings. The Balaban J connectivity index is 1.57. The van der Waals surface area contributed by atoms with Crippen LogP contribution in [0.2, 0.25) is 0 Å². The van der Waals surface area contributed by atoms with E-state index in [1.807, 2.05) is 71.9 Å². The standard InChI is InChI=1S/C23H26N6O/c1-27(2)13-8-12-24-23(30)21-20-11-6-7-14-29(20)22(26-21)19-16-28(17-25-19)15-18-9-4-3-5-10-18/h3-7,9-11,14,16-17H,8,12-13,15H2,1-2H3,(H,24,30). The van der Waals surface area contributed by atoms with Gasteiger partial charge >= 0.3 is 0 Å². The highest BCUT2D eigenvalue weighted by atomic mass is 16.1. The van der Waals surface area contributed by atoms with E-state index in [0.717, 1.165) is 30.7 Å². The minimum absolute atomic E-state index is 0.160. The van der Waals surface area contributed by atoms with E-state index in [1.54, 1.807) is 6.33 Å². The van der Waals surface area contributed by atoms with E-state index < -0.39 is 0 Å². The molecule has 0 atom stereocenters. The van der Waals surface area contributed by atoms with Gasteiger partial charge in [0.05, 0.1) is 11.8 Å². The van der Waals surface area contributed by atoms with Crippen molar-refractivity contribution < 1.29 is 4.79 Å². The van der Waals surface area contributed by atoms with Crippen LogP contribution in [0.25, 0.3) is 17.0 Å². The van der Waals surface area contributed by atoms with Crippen LogP contribution in [0, 0.1) is 0 Å². The first kappa shape index (κ1) is 19.8. The van der Waals surface area contributed by atoms with Gasteiger partial charge < -0.3 is 14.8 Å². The zero-order chi connectivity index (χ0) is 20.9. The summed E-state index contributed by atoms with van der Waals surface area (Å²) in [7, 11) is 4.04. The molecule has 154 valence electrons. The molecule has 1 N–H and O–H groups in total. The van der Waals surface area contributed by atoms with Crippen molar-refractivity contribution in [1.29, 1.82) is 0 Å². The molecule has 1 aromatic carbocycles. The topological polar surface area (TPSA) is 67.5 Å². The molecular weight excluding hydrogens is 376 g/mol. The van der Waals surface area contributed by atoms with Crippen molar-refractivity contribution in [2.24, 2.45) is 0 Å². The zero-order valence-electron chi connectivity index (χ0n) is 17.3. The van der Waals surface area contributed by atoms with Crippen LogP contribution < -0.4 is 5.32 Å². The van der Waals surface area contributed by atoms with Gasteiger partial charge in [0.15, 0.2) is 11.5 Å². The van der Waals surface area contributed by atoms with Crippen LogP contribution in [-0.4, -0.2) is 56.9 Å². The van der Waals surface area contributed by atoms with Crippen LogP contribution in [-0.2, 0) is 6.54 Å². The van der Waals surface area contributed by atoms with E-state index in [0.29, 0.717) is 18.1 Å². The molecule has 0 saturated carbocycles. The second-order valence-corrected chi connectivity index (χ2v) is 7.57. The summed E-state index contributed by atoms with van der Waals surface area (Å²) in [4.78, 5) is 24.1. The molecule has 0 aliphatic rings. The number of benzene rings is 1. The molecular formula is C23H26N6O. The minimum Gasteiger partial charge on any atom is -0.351 e. The van der Waals surface area contributed by atoms with Crippen LogP contribution in [0.3, 0.4) is 0 Å². The number of aromatic nitrogens is 4. The fraction of sp³-hybridized carbons (Fsp3) is 0.261. The normalized spacial score (nSPS) is 11.3. The molecule has 0 fully saturated rings. The molecule has 7 heteroatoms. The number of hydrogen-bond donors (Lipinski definition) is 1. The highest BCUT2D eigenvalue weighted by molar-refractivity contribution is 5.99. The molecule has 3 aromatic heterocycles. The summed E-state index contributed by atoms with van der Waals surface area (Å²) in [6.07, 6.45) is 6.57. The third kappa shape index (κ3) is 4.41. The van der Waals surface area contributed by atoms with E-state index in [1.165, 1.54) is 5.56 Å². The Kier molecular flexibility index (Phi) is 5.90. The Bertz CT molecular complexity index is 1130. The van der Waals surface area contributed by atoms with Crippen molar-refractivity contribution >= 4 is 11.4 Å². The first-order chi connectivity index (χ1) is 14.6. The number of carbonyl (C=O) groups is 1. The second-order valence-electron chi connectivity index (χ2n) is 7.57. The fourth-order valence-electron chi connectivity index (χ4n) is 3.42. The Labute approximate surface area is 176 Å². The minimum atomic E-state index is -0.160. The smallest absolute Gasteiger partial charge is 0.272 e. The molecule has 0 bridgehead atoms. The molecule has 0 saturated heterocycles. The first-order valence-electron chi connectivity index (χ1n) is 10.1. The molecule has 0 radical (unpaired) electrons. The van der Waals surface area contributed by atoms with Crippen LogP contribution in [0.5, 0.6) is 0 Å². The third-order valence-corrected chi connectivity index (χ3v) is 4.90. The van der Waals surface area contributed by atoms with Gasteiger partial charge in [-0.1, -0.05) is 36.4 Å². The second kappa shape index (κ2) is 8.92. The van der Waals surface area contributed by atoms with E-state index in [9.17, 15) is 4.79 Å². The summed E-state index contributed by atoms with van der Waals surface area (Å²) in [5, 5.41) is 2.98. The Hall–Kier alpha value is -3.45. The lowest BCUT2D eigenvalue weighted by atomic mass is 10.2. The van der Waals surface area contributed by atoms with Crippen molar-refractivity contribution in [2.75, 3.05) is 27.2 Å². The number of rotatable bonds is 8. The van der Waals surface area contributed by atoms with Gasteiger partial charge in [0.2, 0.25) is 0 Å². The van der Waals surface area contributed by atoms with Crippen molar-refractivity contribution in [3.63, 3.8) is 0 Å². The van der Waals surface area contributed by atoms with Gasteiger partial charge in [-0.2, -0.15) is 0 Å². The van der Waals surface area contributed by atoms with Gasteiger partial charge in [0, 0.05) is 25.5 Å². The molecule has 3 heterocycles. The largest absolute Gasteiger partial charge is 0.351 e. The van der Waals surface area contributed by atoms with E-state index in [2.05, 4.69) is 32.3 Å². The molecule has 0 aliphatic heterocycles. The Morgan fingerprint density at radius 1 is 1.10 bits per heavy atom. The lowest BCUT2D eigenvalue weighted by Crippen LogP contribution is -2.27. The van der Waals surface area contributed by atoms with Crippen LogP contribution in [0.4, 0.5) is 0 Å². The molecule has 7 nitrogen and oxygen atoms in total. The van der Waals surface area contributed by atoms with Crippen LogP contribution in [0.1, 0.15) is 22.5 Å². The van der Waals surface area contributed by atoms with Crippen LogP contribution in [0.15, 0.2) is 67.3 Å². The van der Waals surface area contributed by atoms with E-state index >= 15 is 0 Å². The number of fused-ring (bicyclic) bond motifs is 1. The van der Waals surface area contributed by atoms with Crippen molar-refractivity contribution in [2.45, 2.75) is 13.0 Å². The van der Waals surface area contributed by atoms with Gasteiger partial charge in [0.25, 0.3) is 5.91 Å². The number of nitrogens with zero attached hydrogens (tertiary/aromatic N) is 5. The molecule has 1 amide bonds. The SMILES string of the molecule is CN(C)CCCNC(=O)c1nc(-c2cn(Cc3ccccc3)cn2)n2ccccc12. The Morgan fingerprint density at radius 2 is 1.90 bits per heavy atom. The lowest BCUT2D eigenvalue weighted by molar-refractivity contribution is 0.0949.